The van der Waals surface area contributed by atoms with E-state index in [0.717, 1.165) is 25.7 Å². The highest BCUT2D eigenvalue weighted by atomic mass is 32.2. The van der Waals surface area contributed by atoms with Crippen LogP contribution in [-0.2, 0) is 4.79 Å². The third-order valence-corrected chi connectivity index (χ3v) is 6.78. The first kappa shape index (κ1) is 20.6. The standard InChI is InChI=1S/C22H23N5OS2/c1-13(2)27-19(10-11-23-27)26-20(28)14(3)29-21-17-12-18(16-8-6-5-7-9-16)30-22(17)25-15(4)24-21/h5-14H,1-4H3,(H,26,28). The van der Waals surface area contributed by atoms with Crippen LogP contribution in [0, 0.1) is 6.92 Å². The number of anilines is 1. The normalized spacial score (nSPS) is 12.4. The van der Waals surface area contributed by atoms with Gasteiger partial charge >= 0.3 is 0 Å². The molecule has 8 heteroatoms. The minimum absolute atomic E-state index is 0.0784. The molecule has 154 valence electrons. The molecule has 1 N–H and O–H groups in total. The van der Waals surface area contributed by atoms with Gasteiger partial charge in [-0.1, -0.05) is 42.1 Å². The van der Waals surface area contributed by atoms with E-state index in [1.807, 2.05) is 52.0 Å². The summed E-state index contributed by atoms with van der Waals surface area (Å²) in [7, 11) is 0. The number of fused-ring (bicyclic) bond motifs is 1. The van der Waals surface area contributed by atoms with Gasteiger partial charge in [0.2, 0.25) is 5.91 Å². The lowest BCUT2D eigenvalue weighted by Crippen LogP contribution is -2.24. The molecular formula is C22H23N5OS2. The molecule has 30 heavy (non-hydrogen) atoms. The summed E-state index contributed by atoms with van der Waals surface area (Å²) in [6.07, 6.45) is 1.70. The second-order valence-corrected chi connectivity index (χ2v) is 9.64. The first-order valence-corrected chi connectivity index (χ1v) is 11.5. The third-order valence-electron chi connectivity index (χ3n) is 4.60. The zero-order chi connectivity index (χ0) is 21.3. The molecule has 0 saturated carbocycles. The van der Waals surface area contributed by atoms with Crippen LogP contribution < -0.4 is 5.32 Å². The van der Waals surface area contributed by atoms with Crippen molar-refractivity contribution in [3.8, 4) is 10.4 Å². The van der Waals surface area contributed by atoms with E-state index in [2.05, 4.69) is 38.6 Å². The third kappa shape index (κ3) is 4.24. The van der Waals surface area contributed by atoms with Gasteiger partial charge in [0.25, 0.3) is 0 Å². The number of hydrogen-bond donors (Lipinski definition) is 1. The number of aryl methyl sites for hydroxylation is 1. The maximum Gasteiger partial charge on any atom is 0.238 e. The van der Waals surface area contributed by atoms with Gasteiger partial charge < -0.3 is 5.32 Å². The van der Waals surface area contributed by atoms with Gasteiger partial charge in [0, 0.05) is 22.4 Å². The van der Waals surface area contributed by atoms with Crippen molar-refractivity contribution in [3.63, 3.8) is 0 Å². The number of carbonyl (C=O) groups is 1. The Morgan fingerprint density at radius 2 is 1.90 bits per heavy atom. The van der Waals surface area contributed by atoms with Crippen molar-refractivity contribution in [1.82, 2.24) is 19.7 Å². The first-order chi connectivity index (χ1) is 14.4. The average molecular weight is 438 g/mol. The van der Waals surface area contributed by atoms with Crippen molar-refractivity contribution in [1.29, 1.82) is 0 Å². The van der Waals surface area contributed by atoms with E-state index in [9.17, 15) is 4.79 Å². The smallest absolute Gasteiger partial charge is 0.238 e. The van der Waals surface area contributed by atoms with Gasteiger partial charge in [-0.25, -0.2) is 14.6 Å². The van der Waals surface area contributed by atoms with E-state index in [4.69, 9.17) is 0 Å². The SMILES string of the molecule is Cc1nc(SC(C)C(=O)Nc2ccnn2C(C)C)c2cc(-c3ccccc3)sc2n1. The fraction of sp³-hybridized carbons (Fsp3) is 0.273. The van der Waals surface area contributed by atoms with E-state index in [1.54, 1.807) is 22.2 Å². The molecule has 0 bridgehead atoms. The summed E-state index contributed by atoms with van der Waals surface area (Å²) in [5.74, 6) is 1.33. The van der Waals surface area contributed by atoms with E-state index < -0.39 is 0 Å². The van der Waals surface area contributed by atoms with Crippen molar-refractivity contribution < 1.29 is 4.79 Å². The Hall–Kier alpha value is -2.71. The number of amides is 1. The highest BCUT2D eigenvalue weighted by Gasteiger charge is 2.20. The molecule has 1 amide bonds. The molecule has 0 aliphatic heterocycles. The van der Waals surface area contributed by atoms with Gasteiger partial charge in [-0.15, -0.1) is 11.3 Å². The molecule has 0 fully saturated rings. The second-order valence-electron chi connectivity index (χ2n) is 7.28. The lowest BCUT2D eigenvalue weighted by molar-refractivity contribution is -0.115. The molecular weight excluding hydrogens is 414 g/mol. The number of rotatable bonds is 6. The van der Waals surface area contributed by atoms with E-state index in [1.165, 1.54) is 11.8 Å². The number of nitrogens with one attached hydrogen (secondary N) is 1. The summed E-state index contributed by atoms with van der Waals surface area (Å²) in [5.41, 5.74) is 1.15. The van der Waals surface area contributed by atoms with Crippen LogP contribution in [0.1, 0.15) is 32.6 Å². The van der Waals surface area contributed by atoms with Crippen molar-refractivity contribution in [2.75, 3.05) is 5.32 Å². The zero-order valence-corrected chi connectivity index (χ0v) is 18.9. The molecule has 6 nitrogen and oxygen atoms in total. The Morgan fingerprint density at radius 3 is 2.63 bits per heavy atom. The Bertz CT molecular complexity index is 1180. The largest absolute Gasteiger partial charge is 0.310 e. The molecule has 0 aliphatic carbocycles. The van der Waals surface area contributed by atoms with Gasteiger partial charge in [0.05, 0.1) is 11.4 Å². The van der Waals surface area contributed by atoms with E-state index >= 15 is 0 Å². The predicted molar refractivity (Wildman–Crippen MR) is 124 cm³/mol. The molecule has 1 aromatic carbocycles. The summed E-state index contributed by atoms with van der Waals surface area (Å²) in [6.45, 7) is 7.84. The maximum absolute atomic E-state index is 12.8. The van der Waals surface area contributed by atoms with Crippen LogP contribution in [0.4, 0.5) is 5.82 Å². The number of nitrogens with zero attached hydrogens (tertiary/aromatic N) is 4. The van der Waals surface area contributed by atoms with Crippen molar-refractivity contribution in [2.24, 2.45) is 0 Å². The Labute approximate surface area is 183 Å². The number of hydrogen-bond acceptors (Lipinski definition) is 6. The zero-order valence-electron chi connectivity index (χ0n) is 17.3. The molecule has 0 aliphatic rings. The van der Waals surface area contributed by atoms with Gasteiger partial charge in [-0.05, 0) is 39.3 Å². The molecule has 1 unspecified atom stereocenters. The predicted octanol–water partition coefficient (Wildman–Crippen LogP) is 5.56. The quantitative estimate of drug-likeness (QED) is 0.316. The minimum Gasteiger partial charge on any atom is -0.310 e. The monoisotopic (exact) mass is 437 g/mol. The van der Waals surface area contributed by atoms with Crippen LogP contribution in [0.5, 0.6) is 0 Å². The lowest BCUT2D eigenvalue weighted by Gasteiger charge is -2.15. The van der Waals surface area contributed by atoms with Gasteiger partial charge in [0.1, 0.15) is 21.5 Å². The molecule has 0 spiro atoms. The molecule has 4 rings (SSSR count). The van der Waals surface area contributed by atoms with Gasteiger partial charge in [-0.2, -0.15) is 5.10 Å². The highest BCUT2D eigenvalue weighted by molar-refractivity contribution is 8.00. The van der Waals surface area contributed by atoms with Crippen LogP contribution in [-0.4, -0.2) is 30.9 Å². The lowest BCUT2D eigenvalue weighted by atomic mass is 10.2. The molecule has 1 atom stereocenters. The Morgan fingerprint density at radius 1 is 1.13 bits per heavy atom. The summed E-state index contributed by atoms with van der Waals surface area (Å²) in [5, 5.41) is 8.75. The number of benzene rings is 1. The number of thioether (sulfide) groups is 1. The van der Waals surface area contributed by atoms with Crippen molar-refractivity contribution in [3.05, 3.63) is 54.5 Å². The number of aromatic nitrogens is 4. The van der Waals surface area contributed by atoms with Crippen molar-refractivity contribution in [2.45, 2.75) is 44.0 Å². The summed E-state index contributed by atoms with van der Waals surface area (Å²) in [4.78, 5) is 24.1. The Balaban J connectivity index is 1.59. The molecule has 0 saturated heterocycles. The molecule has 3 heterocycles. The van der Waals surface area contributed by atoms with Crippen LogP contribution in [0.25, 0.3) is 20.7 Å². The van der Waals surface area contributed by atoms with Crippen molar-refractivity contribution >= 4 is 45.0 Å². The average Bonchev–Trinajstić information content (AvgIpc) is 3.35. The Kier molecular flexibility index (Phi) is 5.87. The molecule has 4 aromatic rings. The summed E-state index contributed by atoms with van der Waals surface area (Å²) in [6, 6.07) is 14.3. The summed E-state index contributed by atoms with van der Waals surface area (Å²) >= 11 is 3.10. The molecule has 0 radical (unpaired) electrons. The fourth-order valence-electron chi connectivity index (χ4n) is 3.10. The van der Waals surface area contributed by atoms with Crippen LogP contribution in [0.3, 0.4) is 0 Å². The van der Waals surface area contributed by atoms with Crippen LogP contribution in [0.15, 0.2) is 53.7 Å². The minimum atomic E-state index is -0.321. The topological polar surface area (TPSA) is 72.7 Å². The molecule has 3 aromatic heterocycles. The van der Waals surface area contributed by atoms with Gasteiger partial charge in [-0.3, -0.25) is 4.79 Å². The van der Waals surface area contributed by atoms with Crippen LogP contribution in [0.2, 0.25) is 0 Å². The van der Waals surface area contributed by atoms with E-state index in [0.29, 0.717) is 11.6 Å². The summed E-state index contributed by atoms with van der Waals surface area (Å²) < 4.78 is 1.80. The second kappa shape index (κ2) is 8.57. The first-order valence-electron chi connectivity index (χ1n) is 9.77. The maximum atomic E-state index is 12.8. The van der Waals surface area contributed by atoms with E-state index in [-0.39, 0.29) is 17.2 Å². The van der Waals surface area contributed by atoms with Gasteiger partial charge in [0.15, 0.2) is 0 Å². The number of thiophene rings is 1. The highest BCUT2D eigenvalue weighted by Crippen LogP contribution is 2.37. The van der Waals surface area contributed by atoms with Crippen LogP contribution >= 0.6 is 23.1 Å². The fourth-order valence-corrected chi connectivity index (χ4v) is 5.22. The number of carbonyl (C=O) groups excluding carboxylic acids is 1.